The third-order valence-electron chi connectivity index (χ3n) is 2.06. The fraction of sp³-hybridized carbons (Fsp3) is 0.444. The smallest absolute Gasteiger partial charge is 0.419 e. The molecule has 1 rings (SSSR count). The van der Waals surface area contributed by atoms with Crippen LogP contribution < -0.4 is 11.2 Å². The Balaban J connectivity index is 3.72. The zero-order valence-corrected chi connectivity index (χ0v) is 10.4. The Labute approximate surface area is 99.3 Å². The van der Waals surface area contributed by atoms with Crippen molar-refractivity contribution in [3.63, 3.8) is 0 Å². The summed E-state index contributed by atoms with van der Waals surface area (Å²) in [5.41, 5.74) is -1.07. The number of carbonyl (C=O) groups is 1. The molecule has 1 N–H and O–H groups in total. The van der Waals surface area contributed by atoms with Crippen LogP contribution in [-0.4, -0.2) is 20.3 Å². The van der Waals surface area contributed by atoms with E-state index >= 15 is 0 Å². The second-order valence-electron chi connectivity index (χ2n) is 3.49. The molecule has 1 aromatic heterocycles. The van der Waals surface area contributed by atoms with Gasteiger partial charge in [-0.25, -0.2) is 14.2 Å². The van der Waals surface area contributed by atoms with Gasteiger partial charge in [-0.3, -0.25) is 9.36 Å². The van der Waals surface area contributed by atoms with Gasteiger partial charge in [0.05, 0.1) is 0 Å². The summed E-state index contributed by atoms with van der Waals surface area (Å²) in [7, 11) is 0. The predicted molar refractivity (Wildman–Crippen MR) is 61.4 cm³/mol. The highest BCUT2D eigenvalue weighted by Gasteiger charge is 2.15. The van der Waals surface area contributed by atoms with E-state index in [1.165, 1.54) is 0 Å². The van der Waals surface area contributed by atoms with Crippen LogP contribution in [0.15, 0.2) is 15.8 Å². The first-order valence-electron chi connectivity index (χ1n) is 4.56. The van der Waals surface area contributed by atoms with E-state index in [9.17, 15) is 14.4 Å². The fourth-order valence-electron chi connectivity index (χ4n) is 1.31. The number of carboxylic acid groups (broad SMARTS) is 1. The Bertz CT molecular complexity index is 529. The van der Waals surface area contributed by atoms with Crippen LogP contribution in [0.5, 0.6) is 0 Å². The summed E-state index contributed by atoms with van der Waals surface area (Å²) in [6.45, 7) is 3.29. The van der Waals surface area contributed by atoms with Gasteiger partial charge in [0.15, 0.2) is 0 Å². The standard InChI is InChI=1S/C9H11BrN2O4/c1-5(2)12-7(13)6(3-10)4-11(8(12)14)9(15)16/h4-5H,3H2,1-2H3,(H,15,16). The zero-order chi connectivity index (χ0) is 12.5. The molecule has 88 valence electrons. The lowest BCUT2D eigenvalue weighted by Crippen LogP contribution is -2.43. The first-order valence-corrected chi connectivity index (χ1v) is 5.68. The van der Waals surface area contributed by atoms with Crippen molar-refractivity contribution in [3.8, 4) is 0 Å². The Morgan fingerprint density at radius 3 is 2.44 bits per heavy atom. The number of rotatable bonds is 2. The van der Waals surface area contributed by atoms with E-state index in [4.69, 9.17) is 5.11 Å². The minimum absolute atomic E-state index is 0.201. The van der Waals surface area contributed by atoms with E-state index in [1.54, 1.807) is 13.8 Å². The van der Waals surface area contributed by atoms with Crippen molar-refractivity contribution in [1.82, 2.24) is 9.13 Å². The van der Waals surface area contributed by atoms with Crippen molar-refractivity contribution in [3.05, 3.63) is 32.6 Å². The third kappa shape index (κ3) is 2.08. The van der Waals surface area contributed by atoms with Gasteiger partial charge in [-0.15, -0.1) is 0 Å². The van der Waals surface area contributed by atoms with Crippen molar-refractivity contribution < 1.29 is 9.90 Å². The van der Waals surface area contributed by atoms with Crippen LogP contribution in [0.2, 0.25) is 0 Å². The highest BCUT2D eigenvalue weighted by molar-refractivity contribution is 9.08. The largest absolute Gasteiger partial charge is 0.464 e. The van der Waals surface area contributed by atoms with Gasteiger partial charge in [0.2, 0.25) is 0 Å². The predicted octanol–water partition coefficient (Wildman–Crippen LogP) is 1.01. The number of hydrogen-bond acceptors (Lipinski definition) is 3. The van der Waals surface area contributed by atoms with Crippen LogP contribution in [0.4, 0.5) is 4.79 Å². The number of alkyl halides is 1. The normalized spacial score (nSPS) is 10.8. The van der Waals surface area contributed by atoms with Crippen molar-refractivity contribution in [2.24, 2.45) is 0 Å². The topological polar surface area (TPSA) is 81.3 Å². The zero-order valence-electron chi connectivity index (χ0n) is 8.81. The molecule has 0 aliphatic carbocycles. The van der Waals surface area contributed by atoms with Crippen LogP contribution in [0.1, 0.15) is 25.5 Å². The Morgan fingerprint density at radius 1 is 1.50 bits per heavy atom. The highest BCUT2D eigenvalue weighted by Crippen LogP contribution is 2.01. The molecule has 0 bridgehead atoms. The number of nitrogens with zero attached hydrogens (tertiary/aromatic N) is 2. The van der Waals surface area contributed by atoms with Gasteiger partial charge in [0.25, 0.3) is 5.56 Å². The molecule has 0 saturated carbocycles. The van der Waals surface area contributed by atoms with Gasteiger partial charge >= 0.3 is 11.8 Å². The van der Waals surface area contributed by atoms with Crippen molar-refractivity contribution >= 4 is 22.0 Å². The highest BCUT2D eigenvalue weighted by atomic mass is 79.9. The maximum atomic E-state index is 11.8. The van der Waals surface area contributed by atoms with Crippen molar-refractivity contribution in [2.45, 2.75) is 25.2 Å². The second kappa shape index (κ2) is 4.65. The molecule has 0 saturated heterocycles. The van der Waals surface area contributed by atoms with Gasteiger partial charge in [-0.2, -0.15) is 0 Å². The average molecular weight is 291 g/mol. The Hall–Kier alpha value is -1.37. The lowest BCUT2D eigenvalue weighted by atomic mass is 10.3. The van der Waals surface area contributed by atoms with E-state index in [1.807, 2.05) is 0 Å². The van der Waals surface area contributed by atoms with Crippen LogP contribution in [-0.2, 0) is 5.33 Å². The summed E-state index contributed by atoms with van der Waals surface area (Å²) < 4.78 is 1.43. The minimum Gasteiger partial charge on any atom is -0.464 e. The van der Waals surface area contributed by atoms with Gasteiger partial charge in [0, 0.05) is 23.1 Å². The molecule has 1 heterocycles. The quantitative estimate of drug-likeness (QED) is 0.825. The Kier molecular flexibility index (Phi) is 3.69. The first kappa shape index (κ1) is 12.7. The number of halogens is 1. The Morgan fingerprint density at radius 2 is 2.06 bits per heavy atom. The van der Waals surface area contributed by atoms with E-state index in [0.29, 0.717) is 4.57 Å². The van der Waals surface area contributed by atoms with E-state index in [-0.39, 0.29) is 16.9 Å². The van der Waals surface area contributed by atoms with Crippen LogP contribution in [0.25, 0.3) is 0 Å². The maximum Gasteiger partial charge on any atom is 0.419 e. The van der Waals surface area contributed by atoms with Crippen molar-refractivity contribution in [2.75, 3.05) is 0 Å². The van der Waals surface area contributed by atoms with Crippen LogP contribution >= 0.6 is 15.9 Å². The molecule has 0 aromatic carbocycles. The maximum absolute atomic E-state index is 11.8. The second-order valence-corrected chi connectivity index (χ2v) is 4.05. The molecule has 1 aromatic rings. The van der Waals surface area contributed by atoms with Crippen molar-refractivity contribution in [1.29, 1.82) is 0 Å². The molecule has 0 aliphatic rings. The molecule has 6 nitrogen and oxygen atoms in total. The number of aromatic nitrogens is 2. The monoisotopic (exact) mass is 290 g/mol. The third-order valence-corrected chi connectivity index (χ3v) is 2.66. The van der Waals surface area contributed by atoms with Gasteiger partial charge < -0.3 is 5.11 Å². The number of hydrogen-bond donors (Lipinski definition) is 1. The van der Waals surface area contributed by atoms with E-state index in [0.717, 1.165) is 10.8 Å². The summed E-state index contributed by atoms with van der Waals surface area (Å²) in [6, 6.07) is -0.385. The summed E-state index contributed by atoms with van der Waals surface area (Å²) in [5.74, 6) is 0. The molecule has 16 heavy (non-hydrogen) atoms. The molecule has 0 fully saturated rings. The van der Waals surface area contributed by atoms with E-state index < -0.39 is 17.3 Å². The minimum atomic E-state index is -1.40. The molecule has 0 radical (unpaired) electrons. The first-order chi connectivity index (χ1) is 7.40. The molecular weight excluding hydrogens is 280 g/mol. The fourth-order valence-corrected chi connectivity index (χ4v) is 1.69. The molecule has 0 aliphatic heterocycles. The SMILES string of the molecule is CC(C)n1c(=O)c(CBr)cn(C(=O)O)c1=O. The van der Waals surface area contributed by atoms with Crippen LogP contribution in [0.3, 0.4) is 0 Å². The van der Waals surface area contributed by atoms with Gasteiger partial charge in [-0.1, -0.05) is 15.9 Å². The molecular formula is C9H11BrN2O4. The molecule has 0 unspecified atom stereocenters. The summed E-state index contributed by atoms with van der Waals surface area (Å²) in [6.07, 6.45) is -0.359. The molecule has 0 spiro atoms. The lowest BCUT2D eigenvalue weighted by Gasteiger charge is -2.11. The molecule has 7 heteroatoms. The van der Waals surface area contributed by atoms with E-state index in [2.05, 4.69) is 15.9 Å². The summed E-state index contributed by atoms with van der Waals surface area (Å²) >= 11 is 3.08. The molecule has 0 atom stereocenters. The van der Waals surface area contributed by atoms with Gasteiger partial charge in [0.1, 0.15) is 0 Å². The summed E-state index contributed by atoms with van der Waals surface area (Å²) in [4.78, 5) is 34.2. The average Bonchev–Trinajstić information content (AvgIpc) is 2.16. The molecule has 0 amide bonds. The van der Waals surface area contributed by atoms with Gasteiger partial charge in [-0.05, 0) is 13.8 Å². The summed E-state index contributed by atoms with van der Waals surface area (Å²) in [5, 5.41) is 9.02. The lowest BCUT2D eigenvalue weighted by molar-refractivity contribution is 0.194. The van der Waals surface area contributed by atoms with Crippen LogP contribution in [0, 0.1) is 0 Å².